The van der Waals surface area contributed by atoms with E-state index in [4.69, 9.17) is 0 Å². The summed E-state index contributed by atoms with van der Waals surface area (Å²) < 4.78 is 0. The summed E-state index contributed by atoms with van der Waals surface area (Å²) in [5.74, 6) is -0.880. The number of carbonyl (C=O) groups is 1. The maximum atomic E-state index is 11.4. The van der Waals surface area contributed by atoms with Crippen LogP contribution in [-0.2, 0) is 4.79 Å². The van der Waals surface area contributed by atoms with Gasteiger partial charge in [0.15, 0.2) is 0 Å². The largest absolute Gasteiger partial charge is 1.00 e. The molecule has 0 spiro atoms. The van der Waals surface area contributed by atoms with E-state index in [2.05, 4.69) is 25.7 Å². The second-order valence-corrected chi connectivity index (χ2v) is 12.5. The zero-order chi connectivity index (χ0) is 28.7. The van der Waals surface area contributed by atoms with E-state index in [0.717, 1.165) is 25.9 Å². The van der Waals surface area contributed by atoms with Gasteiger partial charge in [-0.1, -0.05) is 181 Å². The van der Waals surface area contributed by atoms with Crippen LogP contribution in [0.5, 0.6) is 0 Å². The van der Waals surface area contributed by atoms with Crippen LogP contribution >= 0.6 is 0 Å². The van der Waals surface area contributed by atoms with Crippen LogP contribution in [0, 0.1) is 0 Å². The average Bonchev–Trinajstić information content (AvgIpc) is 2.92. The fourth-order valence-corrected chi connectivity index (χ4v) is 6.08. The standard InChI is InChI=1S/C36H73NO2.Na/c1-4-7-9-11-13-15-17-19-21-23-25-27-29-32-37(35(31-6-3)34-36(38)39)33-30-28-26-24-22-20-18-16-14-12-10-8-5-2;/h35H,4-34H2,1-3H3,(H,38,39);/q;+1/p-1. The Labute approximate surface area is 275 Å². The number of rotatable bonds is 33. The van der Waals surface area contributed by atoms with E-state index in [9.17, 15) is 9.90 Å². The fourth-order valence-electron chi connectivity index (χ4n) is 6.08. The van der Waals surface area contributed by atoms with Crippen molar-refractivity contribution in [1.29, 1.82) is 0 Å². The molecule has 0 rings (SSSR count). The van der Waals surface area contributed by atoms with Gasteiger partial charge in [0.25, 0.3) is 0 Å². The number of unbranched alkanes of at least 4 members (excludes halogenated alkanes) is 24. The van der Waals surface area contributed by atoms with Gasteiger partial charge in [-0.05, 0) is 32.4 Å². The van der Waals surface area contributed by atoms with Crippen LogP contribution in [0.15, 0.2) is 0 Å². The molecule has 0 aliphatic rings. The van der Waals surface area contributed by atoms with E-state index in [0.29, 0.717) is 0 Å². The Hall–Kier alpha value is 0.430. The van der Waals surface area contributed by atoms with Crippen LogP contribution in [0.1, 0.15) is 207 Å². The first-order valence-corrected chi connectivity index (χ1v) is 18.1. The van der Waals surface area contributed by atoms with Crippen molar-refractivity contribution in [3.05, 3.63) is 0 Å². The van der Waals surface area contributed by atoms with Crippen molar-refractivity contribution < 1.29 is 39.5 Å². The van der Waals surface area contributed by atoms with Crippen molar-refractivity contribution in [1.82, 2.24) is 4.90 Å². The number of nitrogens with zero attached hydrogens (tertiary/aromatic N) is 1. The van der Waals surface area contributed by atoms with E-state index in [1.165, 1.54) is 167 Å². The average molecular weight is 574 g/mol. The summed E-state index contributed by atoms with van der Waals surface area (Å²) in [5, 5.41) is 11.4. The summed E-state index contributed by atoms with van der Waals surface area (Å²) in [6, 6.07) is 0.162. The smallest absolute Gasteiger partial charge is 0.550 e. The summed E-state index contributed by atoms with van der Waals surface area (Å²) in [6.45, 7) is 8.88. The molecule has 1 unspecified atom stereocenters. The Bertz CT molecular complexity index is 457. The quantitative estimate of drug-likeness (QED) is 0.0595. The second-order valence-electron chi connectivity index (χ2n) is 12.5. The molecule has 1 atom stereocenters. The maximum Gasteiger partial charge on any atom is 1.00 e. The molecule has 0 amide bonds. The monoisotopic (exact) mass is 574 g/mol. The van der Waals surface area contributed by atoms with Crippen LogP contribution in [0.4, 0.5) is 0 Å². The van der Waals surface area contributed by atoms with Crippen molar-refractivity contribution in [3.8, 4) is 0 Å². The molecule has 40 heavy (non-hydrogen) atoms. The summed E-state index contributed by atoms with van der Waals surface area (Å²) in [7, 11) is 0. The molecule has 0 saturated carbocycles. The number of carbonyl (C=O) groups excluding carboxylic acids is 1. The molecule has 0 aromatic carbocycles. The van der Waals surface area contributed by atoms with Gasteiger partial charge in [-0.2, -0.15) is 0 Å². The van der Waals surface area contributed by atoms with Crippen molar-refractivity contribution in [3.63, 3.8) is 0 Å². The Kier molecular flexibility index (Phi) is 37.9. The summed E-state index contributed by atoms with van der Waals surface area (Å²) >= 11 is 0. The van der Waals surface area contributed by atoms with Gasteiger partial charge in [0.05, 0.1) is 0 Å². The van der Waals surface area contributed by atoms with E-state index < -0.39 is 5.97 Å². The Morgan fingerprint density at radius 3 is 1.00 bits per heavy atom. The molecule has 4 heteroatoms. The van der Waals surface area contributed by atoms with E-state index in [1.807, 2.05) is 0 Å². The molecule has 234 valence electrons. The van der Waals surface area contributed by atoms with Crippen molar-refractivity contribution >= 4 is 5.97 Å². The number of hydrogen-bond acceptors (Lipinski definition) is 3. The Morgan fingerprint density at radius 2 is 0.750 bits per heavy atom. The predicted molar refractivity (Wildman–Crippen MR) is 171 cm³/mol. The minimum absolute atomic E-state index is 0. The molecule has 0 aliphatic carbocycles. The van der Waals surface area contributed by atoms with Gasteiger partial charge >= 0.3 is 29.6 Å². The number of aliphatic carboxylic acids is 1. The Morgan fingerprint density at radius 1 is 0.475 bits per heavy atom. The van der Waals surface area contributed by atoms with Crippen LogP contribution in [0.2, 0.25) is 0 Å². The van der Waals surface area contributed by atoms with Crippen LogP contribution in [0.25, 0.3) is 0 Å². The van der Waals surface area contributed by atoms with Crippen molar-refractivity contribution in [2.45, 2.75) is 213 Å². The molecule has 0 radical (unpaired) electrons. The van der Waals surface area contributed by atoms with Gasteiger partial charge < -0.3 is 14.8 Å². The van der Waals surface area contributed by atoms with Gasteiger partial charge in [-0.15, -0.1) is 0 Å². The van der Waals surface area contributed by atoms with Crippen molar-refractivity contribution in [2.75, 3.05) is 13.1 Å². The molecule has 3 nitrogen and oxygen atoms in total. The van der Waals surface area contributed by atoms with Crippen molar-refractivity contribution in [2.24, 2.45) is 0 Å². The molecular formula is C36H72NNaO2. The molecule has 0 N–H and O–H groups in total. The molecule has 0 aliphatic heterocycles. The van der Waals surface area contributed by atoms with Gasteiger partial charge in [-0.25, -0.2) is 0 Å². The predicted octanol–water partition coefficient (Wildman–Crippen LogP) is 7.78. The third-order valence-corrected chi connectivity index (χ3v) is 8.64. The third kappa shape index (κ3) is 31.4. The zero-order valence-electron chi connectivity index (χ0n) is 28.3. The van der Waals surface area contributed by atoms with Gasteiger partial charge in [0.2, 0.25) is 0 Å². The zero-order valence-corrected chi connectivity index (χ0v) is 30.3. The topological polar surface area (TPSA) is 43.4 Å². The van der Waals surface area contributed by atoms with Crippen LogP contribution in [0.3, 0.4) is 0 Å². The maximum absolute atomic E-state index is 11.4. The van der Waals surface area contributed by atoms with E-state index >= 15 is 0 Å². The summed E-state index contributed by atoms with van der Waals surface area (Å²) in [6.07, 6.45) is 38.0. The fraction of sp³-hybridized carbons (Fsp3) is 0.972. The van der Waals surface area contributed by atoms with Crippen LogP contribution in [-0.4, -0.2) is 30.0 Å². The van der Waals surface area contributed by atoms with Gasteiger partial charge in [0, 0.05) is 18.4 Å². The molecule has 0 aromatic rings. The molecule has 0 heterocycles. The third-order valence-electron chi connectivity index (χ3n) is 8.64. The number of hydrogen-bond donors (Lipinski definition) is 0. The van der Waals surface area contributed by atoms with E-state index in [-0.39, 0.29) is 42.0 Å². The molecular weight excluding hydrogens is 501 g/mol. The first kappa shape index (κ1) is 42.6. The first-order valence-electron chi connectivity index (χ1n) is 18.1. The van der Waals surface area contributed by atoms with Gasteiger partial charge in [-0.3, -0.25) is 0 Å². The molecule has 0 saturated heterocycles. The molecule has 0 aromatic heterocycles. The van der Waals surface area contributed by atoms with E-state index in [1.54, 1.807) is 0 Å². The normalized spacial score (nSPS) is 12.1. The molecule has 0 fully saturated rings. The number of carboxylic acid groups (broad SMARTS) is 1. The summed E-state index contributed by atoms with van der Waals surface area (Å²) in [5.41, 5.74) is 0. The minimum Gasteiger partial charge on any atom is -0.550 e. The minimum atomic E-state index is -0.880. The van der Waals surface area contributed by atoms with Crippen LogP contribution < -0.4 is 34.7 Å². The first-order chi connectivity index (χ1) is 19.2. The second kappa shape index (κ2) is 35.6. The SMILES string of the molecule is CCCCCCCCCCCCCCCN(CCCCCCCCCCCCCCC)C(CCC)CC(=O)[O-].[Na+]. The molecule has 0 bridgehead atoms. The number of carboxylic acids is 1. The van der Waals surface area contributed by atoms with Gasteiger partial charge in [0.1, 0.15) is 0 Å². The Balaban J connectivity index is 0. The summed E-state index contributed by atoms with van der Waals surface area (Å²) in [4.78, 5) is 13.9.